The number of aromatic nitrogens is 2. The Balaban J connectivity index is 1.66. The molecule has 114 valence electrons. The van der Waals surface area contributed by atoms with Gasteiger partial charge in [0.15, 0.2) is 0 Å². The van der Waals surface area contributed by atoms with Gasteiger partial charge in [-0.1, -0.05) is 12.8 Å². The summed E-state index contributed by atoms with van der Waals surface area (Å²) in [6.45, 7) is 0. The van der Waals surface area contributed by atoms with Crippen molar-refractivity contribution in [2.75, 3.05) is 5.43 Å². The lowest BCUT2D eigenvalue weighted by Gasteiger charge is -2.10. The number of hydrazone groups is 1. The van der Waals surface area contributed by atoms with Crippen LogP contribution < -0.4 is 5.43 Å². The van der Waals surface area contributed by atoms with E-state index < -0.39 is 4.92 Å². The van der Waals surface area contributed by atoms with Crippen LogP contribution in [0, 0.1) is 10.1 Å². The predicted molar refractivity (Wildman–Crippen MR) is 84.0 cm³/mol. The molecule has 1 fully saturated rings. The van der Waals surface area contributed by atoms with Gasteiger partial charge in [-0.2, -0.15) is 5.10 Å². The molecule has 0 radical (unpaired) electrons. The molecule has 1 aliphatic carbocycles. The third-order valence-corrected chi connectivity index (χ3v) is 3.85. The topological polar surface area (TPSA) is 85.3 Å². The van der Waals surface area contributed by atoms with E-state index in [0.29, 0.717) is 6.04 Å². The molecule has 1 aliphatic rings. The molecule has 0 spiro atoms. The maximum absolute atomic E-state index is 10.9. The summed E-state index contributed by atoms with van der Waals surface area (Å²) >= 11 is 0. The lowest BCUT2D eigenvalue weighted by atomic mass is 10.2. The number of nitro groups is 1. The summed E-state index contributed by atoms with van der Waals surface area (Å²) < 4.78 is 2.22. The standard InChI is InChI=1S/C15H17N5O2/c21-20(22)14-6-3-8-16-15(14)18-17-10-12-7-9-19(11-12)13-4-1-2-5-13/h3,6-11,13H,1-2,4-5H2,(H,16,18)/b17-10-. The molecule has 2 aromatic heterocycles. The van der Waals surface area contributed by atoms with E-state index in [2.05, 4.69) is 26.3 Å². The minimum atomic E-state index is -0.485. The Kier molecular flexibility index (Phi) is 4.13. The highest BCUT2D eigenvalue weighted by molar-refractivity contribution is 5.80. The number of nitrogens with zero attached hydrogens (tertiary/aromatic N) is 4. The third-order valence-electron chi connectivity index (χ3n) is 3.85. The minimum absolute atomic E-state index is 0.0943. The molecule has 0 unspecified atom stereocenters. The zero-order chi connectivity index (χ0) is 15.4. The number of hydrogen-bond acceptors (Lipinski definition) is 5. The lowest BCUT2D eigenvalue weighted by molar-refractivity contribution is -0.384. The van der Waals surface area contributed by atoms with Gasteiger partial charge in [0.25, 0.3) is 0 Å². The molecule has 22 heavy (non-hydrogen) atoms. The van der Waals surface area contributed by atoms with Gasteiger partial charge < -0.3 is 4.57 Å². The van der Waals surface area contributed by atoms with Crippen molar-refractivity contribution in [3.8, 4) is 0 Å². The second kappa shape index (κ2) is 6.38. The molecule has 2 aromatic rings. The van der Waals surface area contributed by atoms with E-state index in [4.69, 9.17) is 0 Å². The van der Waals surface area contributed by atoms with Crippen molar-refractivity contribution in [1.82, 2.24) is 9.55 Å². The molecule has 3 rings (SSSR count). The van der Waals surface area contributed by atoms with Crippen LogP contribution in [0.15, 0.2) is 41.9 Å². The summed E-state index contributed by atoms with van der Waals surface area (Å²) in [5.41, 5.74) is 3.49. The molecule has 2 heterocycles. The summed E-state index contributed by atoms with van der Waals surface area (Å²) in [5.74, 6) is 0.138. The van der Waals surface area contributed by atoms with E-state index in [0.717, 1.165) is 5.56 Å². The Morgan fingerprint density at radius 1 is 1.41 bits per heavy atom. The second-order valence-electron chi connectivity index (χ2n) is 5.33. The van der Waals surface area contributed by atoms with Gasteiger partial charge in [0.2, 0.25) is 5.82 Å². The van der Waals surface area contributed by atoms with Gasteiger partial charge in [0.05, 0.1) is 11.1 Å². The molecule has 1 saturated carbocycles. The Labute approximate surface area is 127 Å². The van der Waals surface area contributed by atoms with Gasteiger partial charge in [-0.15, -0.1) is 0 Å². The van der Waals surface area contributed by atoms with E-state index in [1.54, 1.807) is 6.21 Å². The van der Waals surface area contributed by atoms with Crippen LogP contribution in [0.25, 0.3) is 0 Å². The Hall–Kier alpha value is -2.70. The van der Waals surface area contributed by atoms with Crippen molar-refractivity contribution in [1.29, 1.82) is 0 Å². The van der Waals surface area contributed by atoms with E-state index in [1.165, 1.54) is 44.0 Å². The molecule has 1 N–H and O–H groups in total. The molecule has 0 atom stereocenters. The Morgan fingerprint density at radius 2 is 2.23 bits per heavy atom. The van der Waals surface area contributed by atoms with Crippen LogP contribution in [-0.2, 0) is 0 Å². The van der Waals surface area contributed by atoms with Gasteiger partial charge in [0.1, 0.15) is 0 Å². The van der Waals surface area contributed by atoms with Crippen molar-refractivity contribution >= 4 is 17.7 Å². The largest absolute Gasteiger partial charge is 0.351 e. The smallest absolute Gasteiger partial charge is 0.313 e. The van der Waals surface area contributed by atoms with E-state index in [9.17, 15) is 10.1 Å². The van der Waals surface area contributed by atoms with Crippen LogP contribution in [0.4, 0.5) is 11.5 Å². The predicted octanol–water partition coefficient (Wildman–Crippen LogP) is 3.35. The average Bonchev–Trinajstić information content (AvgIpc) is 3.18. The maximum atomic E-state index is 10.9. The molecule has 0 amide bonds. The maximum Gasteiger partial charge on any atom is 0.313 e. The molecule has 0 aromatic carbocycles. The van der Waals surface area contributed by atoms with Crippen LogP contribution in [-0.4, -0.2) is 20.7 Å². The summed E-state index contributed by atoms with van der Waals surface area (Å²) in [6, 6.07) is 5.49. The van der Waals surface area contributed by atoms with Crippen molar-refractivity contribution in [3.63, 3.8) is 0 Å². The molecule has 0 bridgehead atoms. The van der Waals surface area contributed by atoms with Gasteiger partial charge in [-0.05, 0) is 25.0 Å². The van der Waals surface area contributed by atoms with Crippen molar-refractivity contribution < 1.29 is 4.92 Å². The van der Waals surface area contributed by atoms with Gasteiger partial charge in [0, 0.05) is 36.3 Å². The molecule has 7 nitrogen and oxygen atoms in total. The first-order valence-electron chi connectivity index (χ1n) is 7.30. The number of pyridine rings is 1. The minimum Gasteiger partial charge on any atom is -0.351 e. The molecule has 7 heteroatoms. The zero-order valence-electron chi connectivity index (χ0n) is 12.1. The van der Waals surface area contributed by atoms with Gasteiger partial charge in [-0.25, -0.2) is 4.98 Å². The van der Waals surface area contributed by atoms with Crippen LogP contribution in [0.5, 0.6) is 0 Å². The fourth-order valence-electron chi connectivity index (χ4n) is 2.73. The van der Waals surface area contributed by atoms with E-state index in [1.807, 2.05) is 12.3 Å². The highest BCUT2D eigenvalue weighted by Crippen LogP contribution is 2.29. The molecular formula is C15H17N5O2. The zero-order valence-corrected chi connectivity index (χ0v) is 12.1. The Morgan fingerprint density at radius 3 is 3.00 bits per heavy atom. The van der Waals surface area contributed by atoms with Crippen LogP contribution >= 0.6 is 0 Å². The first-order valence-corrected chi connectivity index (χ1v) is 7.30. The highest BCUT2D eigenvalue weighted by atomic mass is 16.6. The number of hydrogen-bond donors (Lipinski definition) is 1. The second-order valence-corrected chi connectivity index (χ2v) is 5.33. The summed E-state index contributed by atoms with van der Waals surface area (Å²) in [4.78, 5) is 14.3. The molecule has 0 saturated heterocycles. The fraction of sp³-hybridized carbons (Fsp3) is 0.333. The number of nitrogens with one attached hydrogen (secondary N) is 1. The summed E-state index contributed by atoms with van der Waals surface area (Å²) in [6.07, 6.45) is 12.3. The first kappa shape index (κ1) is 14.2. The fourth-order valence-corrected chi connectivity index (χ4v) is 2.73. The van der Waals surface area contributed by atoms with E-state index >= 15 is 0 Å². The molecule has 0 aliphatic heterocycles. The SMILES string of the molecule is O=[N+]([O-])c1cccnc1N/N=C\c1ccn(C2CCCC2)c1. The first-order chi connectivity index (χ1) is 10.7. The monoisotopic (exact) mass is 299 g/mol. The average molecular weight is 299 g/mol. The van der Waals surface area contributed by atoms with E-state index in [-0.39, 0.29) is 11.5 Å². The normalized spacial score (nSPS) is 15.5. The van der Waals surface area contributed by atoms with Crippen LogP contribution in [0.3, 0.4) is 0 Å². The van der Waals surface area contributed by atoms with Crippen LogP contribution in [0.1, 0.15) is 37.3 Å². The lowest BCUT2D eigenvalue weighted by Crippen LogP contribution is -2.01. The Bertz CT molecular complexity index is 689. The quantitative estimate of drug-likeness (QED) is 0.521. The highest BCUT2D eigenvalue weighted by Gasteiger charge is 2.16. The van der Waals surface area contributed by atoms with Crippen molar-refractivity contribution in [2.24, 2.45) is 5.10 Å². The van der Waals surface area contributed by atoms with Gasteiger partial charge >= 0.3 is 5.69 Å². The van der Waals surface area contributed by atoms with Gasteiger partial charge in [-0.3, -0.25) is 15.5 Å². The number of rotatable bonds is 5. The van der Waals surface area contributed by atoms with Crippen LogP contribution in [0.2, 0.25) is 0 Å². The summed E-state index contributed by atoms with van der Waals surface area (Å²) in [7, 11) is 0. The molecular weight excluding hydrogens is 282 g/mol. The van der Waals surface area contributed by atoms with Crippen molar-refractivity contribution in [2.45, 2.75) is 31.7 Å². The summed E-state index contributed by atoms with van der Waals surface area (Å²) in [5, 5.41) is 14.9. The van der Waals surface area contributed by atoms with Crippen molar-refractivity contribution in [3.05, 3.63) is 52.5 Å². The third kappa shape index (κ3) is 3.13. The number of anilines is 1.